The zero-order valence-corrected chi connectivity index (χ0v) is 22.1. The molecule has 1 fully saturated rings. The molecule has 2 amide bonds. The van der Waals surface area contributed by atoms with Gasteiger partial charge in [0, 0.05) is 0 Å². The number of aryl methyl sites for hydroxylation is 1. The van der Waals surface area contributed by atoms with Crippen LogP contribution >= 0.6 is 23.4 Å². The van der Waals surface area contributed by atoms with Crippen molar-refractivity contribution in [1.29, 1.82) is 0 Å². The summed E-state index contributed by atoms with van der Waals surface area (Å²) in [4.78, 5) is 39.9. The molecule has 6 nitrogen and oxygen atoms in total. The number of fused-ring (bicyclic) bond motifs is 1. The highest BCUT2D eigenvalue weighted by atomic mass is 35.5. The third kappa shape index (κ3) is 5.30. The van der Waals surface area contributed by atoms with Gasteiger partial charge in [-0.3, -0.25) is 14.5 Å². The smallest absolute Gasteiger partial charge is 0.343 e. The van der Waals surface area contributed by atoms with Crippen LogP contribution in [0.3, 0.4) is 0 Å². The van der Waals surface area contributed by atoms with Gasteiger partial charge < -0.3 is 9.47 Å². The zero-order chi connectivity index (χ0) is 26.8. The molecule has 0 atom stereocenters. The number of rotatable bonds is 6. The molecule has 8 heteroatoms. The Labute approximate surface area is 228 Å². The van der Waals surface area contributed by atoms with E-state index in [0.29, 0.717) is 11.1 Å². The van der Waals surface area contributed by atoms with E-state index in [2.05, 4.69) is 0 Å². The van der Waals surface area contributed by atoms with E-state index in [0.717, 1.165) is 33.7 Å². The van der Waals surface area contributed by atoms with Crippen molar-refractivity contribution in [1.82, 2.24) is 4.90 Å². The van der Waals surface area contributed by atoms with Crippen LogP contribution in [0.2, 0.25) is 5.02 Å². The first-order valence-electron chi connectivity index (χ1n) is 11.7. The normalized spacial score (nSPS) is 14.4. The molecule has 1 saturated heterocycles. The maximum absolute atomic E-state index is 13.1. The number of halogens is 1. The number of carbonyl (C=O) groups is 3. The first-order valence-corrected chi connectivity index (χ1v) is 12.9. The topological polar surface area (TPSA) is 72.9 Å². The fourth-order valence-electron chi connectivity index (χ4n) is 4.07. The fraction of sp³-hybridized carbons (Fsp3) is 0.100. The van der Waals surface area contributed by atoms with E-state index in [1.54, 1.807) is 30.3 Å². The Morgan fingerprint density at radius 3 is 2.45 bits per heavy atom. The second kappa shape index (κ2) is 10.7. The van der Waals surface area contributed by atoms with Crippen LogP contribution in [0.4, 0.5) is 4.79 Å². The van der Waals surface area contributed by atoms with Crippen molar-refractivity contribution in [3.8, 4) is 11.5 Å². The minimum atomic E-state index is -0.576. The lowest BCUT2D eigenvalue weighted by Gasteiger charge is -2.13. The first kappa shape index (κ1) is 25.6. The van der Waals surface area contributed by atoms with Crippen LogP contribution in [0.25, 0.3) is 16.8 Å². The van der Waals surface area contributed by atoms with Gasteiger partial charge in [-0.25, -0.2) is 4.79 Å². The Morgan fingerprint density at radius 2 is 1.71 bits per heavy atom. The van der Waals surface area contributed by atoms with Gasteiger partial charge in [-0.1, -0.05) is 65.7 Å². The number of thioether (sulfide) groups is 1. The van der Waals surface area contributed by atoms with Crippen molar-refractivity contribution in [3.05, 3.63) is 111 Å². The number of hydrogen-bond acceptors (Lipinski definition) is 6. The lowest BCUT2D eigenvalue weighted by Crippen LogP contribution is -2.27. The number of hydrogen-bond donors (Lipinski definition) is 0. The summed E-state index contributed by atoms with van der Waals surface area (Å²) in [6.07, 6.45) is 1.57. The third-order valence-electron chi connectivity index (χ3n) is 6.06. The van der Waals surface area contributed by atoms with Crippen LogP contribution in [0, 0.1) is 6.92 Å². The van der Waals surface area contributed by atoms with Crippen LogP contribution in [0.5, 0.6) is 11.5 Å². The molecule has 0 bridgehead atoms. The van der Waals surface area contributed by atoms with E-state index in [1.165, 1.54) is 12.0 Å². The summed E-state index contributed by atoms with van der Waals surface area (Å²) in [5.41, 5.74) is 2.77. The van der Waals surface area contributed by atoms with E-state index in [-0.39, 0.29) is 33.2 Å². The SMILES string of the molecule is COc1cc(/C=C2\SC(=O)N(Cc3ccc4ccccc4c3)C2=O)cc(Cl)c1OC(=O)c1ccc(C)cc1. The molecular weight excluding hydrogens is 522 g/mol. The van der Waals surface area contributed by atoms with Crippen molar-refractivity contribution in [3.63, 3.8) is 0 Å². The minimum Gasteiger partial charge on any atom is -0.493 e. The van der Waals surface area contributed by atoms with Crippen molar-refractivity contribution in [2.45, 2.75) is 13.5 Å². The van der Waals surface area contributed by atoms with Crippen LogP contribution in [0.1, 0.15) is 27.0 Å². The Bertz CT molecular complexity index is 1610. The van der Waals surface area contributed by atoms with E-state index in [4.69, 9.17) is 21.1 Å². The van der Waals surface area contributed by atoms with E-state index in [9.17, 15) is 14.4 Å². The first-order chi connectivity index (χ1) is 18.3. The largest absolute Gasteiger partial charge is 0.493 e. The van der Waals surface area contributed by atoms with Gasteiger partial charge in [-0.05, 0) is 77.0 Å². The van der Waals surface area contributed by atoms with Gasteiger partial charge in [-0.2, -0.15) is 0 Å². The summed E-state index contributed by atoms with van der Waals surface area (Å²) >= 11 is 7.31. The van der Waals surface area contributed by atoms with Gasteiger partial charge in [-0.15, -0.1) is 0 Å². The summed E-state index contributed by atoms with van der Waals surface area (Å²) in [6, 6.07) is 23.9. The number of methoxy groups -OCH3 is 1. The molecule has 1 heterocycles. The Balaban J connectivity index is 1.36. The summed E-state index contributed by atoms with van der Waals surface area (Å²) in [5, 5.41) is 1.91. The lowest BCUT2D eigenvalue weighted by molar-refractivity contribution is -0.123. The highest BCUT2D eigenvalue weighted by molar-refractivity contribution is 8.18. The number of benzene rings is 4. The van der Waals surface area contributed by atoms with Crippen molar-refractivity contribution >= 4 is 57.3 Å². The van der Waals surface area contributed by atoms with Gasteiger partial charge >= 0.3 is 5.97 Å². The number of imide groups is 1. The number of carbonyl (C=O) groups excluding carboxylic acids is 3. The highest BCUT2D eigenvalue weighted by Gasteiger charge is 2.35. The number of esters is 1. The molecule has 38 heavy (non-hydrogen) atoms. The van der Waals surface area contributed by atoms with E-state index in [1.807, 2.05) is 61.5 Å². The number of amides is 2. The van der Waals surface area contributed by atoms with Crippen LogP contribution in [-0.4, -0.2) is 29.1 Å². The molecule has 4 aromatic rings. The molecule has 0 aromatic heterocycles. The molecule has 0 N–H and O–H groups in total. The Hall–Kier alpha value is -4.07. The zero-order valence-electron chi connectivity index (χ0n) is 20.6. The molecule has 1 aliphatic rings. The maximum Gasteiger partial charge on any atom is 0.343 e. The predicted molar refractivity (Wildman–Crippen MR) is 150 cm³/mol. The van der Waals surface area contributed by atoms with Crippen molar-refractivity contribution in [2.75, 3.05) is 7.11 Å². The number of nitrogens with zero attached hydrogens (tertiary/aromatic N) is 1. The van der Waals surface area contributed by atoms with Crippen LogP contribution in [-0.2, 0) is 11.3 Å². The molecule has 1 aliphatic heterocycles. The fourth-order valence-corrected chi connectivity index (χ4v) is 5.17. The monoisotopic (exact) mass is 543 g/mol. The molecule has 4 aromatic carbocycles. The quantitative estimate of drug-likeness (QED) is 0.145. The van der Waals surface area contributed by atoms with Crippen LogP contribution < -0.4 is 9.47 Å². The average Bonchev–Trinajstić information content (AvgIpc) is 3.17. The molecule has 0 aliphatic carbocycles. The maximum atomic E-state index is 13.1. The average molecular weight is 544 g/mol. The Morgan fingerprint density at radius 1 is 0.974 bits per heavy atom. The summed E-state index contributed by atoms with van der Waals surface area (Å²) < 4.78 is 10.9. The van der Waals surface area contributed by atoms with Gasteiger partial charge in [0.25, 0.3) is 11.1 Å². The van der Waals surface area contributed by atoms with Crippen LogP contribution in [0.15, 0.2) is 83.8 Å². The molecular formula is C30H22ClNO5S. The minimum absolute atomic E-state index is 0.0706. The molecule has 0 spiro atoms. The van der Waals surface area contributed by atoms with E-state index >= 15 is 0 Å². The third-order valence-corrected chi connectivity index (χ3v) is 7.25. The second-order valence-electron chi connectivity index (χ2n) is 8.74. The van der Waals surface area contributed by atoms with Gasteiger partial charge in [0.2, 0.25) is 0 Å². The molecule has 190 valence electrons. The van der Waals surface area contributed by atoms with E-state index < -0.39 is 11.9 Å². The molecule has 5 rings (SSSR count). The number of ether oxygens (including phenoxy) is 2. The molecule has 0 unspecified atom stereocenters. The van der Waals surface area contributed by atoms with Crippen molar-refractivity contribution in [2.24, 2.45) is 0 Å². The van der Waals surface area contributed by atoms with Gasteiger partial charge in [0.1, 0.15) is 0 Å². The standard InChI is InChI=1S/C30H22ClNO5S/c1-18-7-10-22(11-8-18)29(34)37-27-24(31)14-20(15-25(27)36-2)16-26-28(33)32(30(35)38-26)17-19-9-12-21-5-3-4-6-23(21)13-19/h3-16H,17H2,1-2H3/b26-16-. The van der Waals surface area contributed by atoms with Gasteiger partial charge in [0.15, 0.2) is 11.5 Å². The van der Waals surface area contributed by atoms with Gasteiger partial charge in [0.05, 0.1) is 29.1 Å². The second-order valence-corrected chi connectivity index (χ2v) is 10.1. The summed E-state index contributed by atoms with van der Waals surface area (Å²) in [5.74, 6) is -0.674. The lowest BCUT2D eigenvalue weighted by atomic mass is 10.1. The Kier molecular flexibility index (Phi) is 7.22. The molecule has 0 saturated carbocycles. The summed E-state index contributed by atoms with van der Waals surface area (Å²) in [7, 11) is 1.43. The molecule has 0 radical (unpaired) electrons. The summed E-state index contributed by atoms with van der Waals surface area (Å²) in [6.45, 7) is 2.09. The highest BCUT2D eigenvalue weighted by Crippen LogP contribution is 2.39. The van der Waals surface area contributed by atoms with Crippen molar-refractivity contribution < 1.29 is 23.9 Å². The predicted octanol–water partition coefficient (Wildman–Crippen LogP) is 7.27.